The van der Waals surface area contributed by atoms with Crippen LogP contribution >= 0.6 is 23.2 Å². The highest BCUT2D eigenvalue weighted by molar-refractivity contribution is 6.39. The van der Waals surface area contributed by atoms with Crippen LogP contribution in [0, 0.1) is 5.82 Å². The van der Waals surface area contributed by atoms with Crippen molar-refractivity contribution in [3.05, 3.63) is 51.8 Å². The number of hydrogen-bond acceptors (Lipinski definition) is 2. The predicted octanol–water partition coefficient (Wildman–Crippen LogP) is 3.59. The third-order valence-electron chi connectivity index (χ3n) is 3.35. The van der Waals surface area contributed by atoms with Gasteiger partial charge in [-0.15, -0.1) is 0 Å². The molecule has 0 aromatic heterocycles. The molecular formula is C15H10Cl2FNO2. The molecule has 3 rings (SSSR count). The number of carbonyl (C=O) groups excluding carboxylic acids is 1. The molecule has 6 heteroatoms. The Bertz CT molecular complexity index is 728. The average molecular weight is 326 g/mol. The van der Waals surface area contributed by atoms with Crippen LogP contribution in [0.1, 0.15) is 5.56 Å². The summed E-state index contributed by atoms with van der Waals surface area (Å²) in [5.74, 6) is -0.647. The van der Waals surface area contributed by atoms with Crippen molar-refractivity contribution >= 4 is 29.1 Å². The summed E-state index contributed by atoms with van der Waals surface area (Å²) < 4.78 is 19.4. The van der Waals surface area contributed by atoms with E-state index in [0.717, 1.165) is 0 Å². The lowest BCUT2D eigenvalue weighted by Crippen LogP contribution is -2.32. The second-order valence-electron chi connectivity index (χ2n) is 4.75. The zero-order valence-corrected chi connectivity index (χ0v) is 12.2. The lowest BCUT2D eigenvalue weighted by molar-refractivity contribution is -0.123. The summed E-state index contributed by atoms with van der Waals surface area (Å²) in [4.78, 5) is 11.3. The van der Waals surface area contributed by atoms with Crippen LogP contribution in [-0.2, 0) is 11.2 Å². The van der Waals surface area contributed by atoms with Crippen molar-refractivity contribution in [2.75, 3.05) is 0 Å². The minimum absolute atomic E-state index is 0.234. The van der Waals surface area contributed by atoms with Gasteiger partial charge in [0.05, 0.1) is 10.0 Å². The first-order chi connectivity index (χ1) is 9.97. The molecule has 0 saturated carbocycles. The van der Waals surface area contributed by atoms with Crippen LogP contribution in [0.3, 0.4) is 0 Å². The van der Waals surface area contributed by atoms with Gasteiger partial charge in [0.1, 0.15) is 11.6 Å². The number of ether oxygens (including phenoxy) is 1. The van der Waals surface area contributed by atoms with Crippen molar-refractivity contribution in [2.45, 2.75) is 12.5 Å². The molecule has 3 nitrogen and oxygen atoms in total. The van der Waals surface area contributed by atoms with Gasteiger partial charge in [-0.25, -0.2) is 4.39 Å². The Balaban J connectivity index is 2.20. The molecule has 0 bridgehead atoms. The molecule has 0 fully saturated rings. The van der Waals surface area contributed by atoms with Crippen LogP contribution < -0.4 is 10.5 Å². The predicted molar refractivity (Wildman–Crippen MR) is 79.2 cm³/mol. The van der Waals surface area contributed by atoms with Gasteiger partial charge < -0.3 is 10.5 Å². The van der Waals surface area contributed by atoms with Gasteiger partial charge in [-0.1, -0.05) is 29.3 Å². The molecule has 1 atom stereocenters. The zero-order chi connectivity index (χ0) is 15.1. The number of benzene rings is 2. The summed E-state index contributed by atoms with van der Waals surface area (Å²) in [5.41, 5.74) is 6.72. The number of carbonyl (C=O) groups is 1. The average Bonchev–Trinajstić information content (AvgIpc) is 2.82. The lowest BCUT2D eigenvalue weighted by atomic mass is 10.00. The van der Waals surface area contributed by atoms with Gasteiger partial charge in [0.2, 0.25) is 0 Å². The van der Waals surface area contributed by atoms with Gasteiger partial charge in [-0.2, -0.15) is 0 Å². The second kappa shape index (κ2) is 5.20. The van der Waals surface area contributed by atoms with Crippen LogP contribution in [0.5, 0.6) is 5.75 Å². The minimum Gasteiger partial charge on any atom is -0.479 e. The summed E-state index contributed by atoms with van der Waals surface area (Å²) in [5, 5.41) is 0.753. The number of hydrogen-bond donors (Lipinski definition) is 1. The van der Waals surface area contributed by atoms with Crippen LogP contribution in [-0.4, -0.2) is 12.0 Å². The molecule has 0 saturated heterocycles. The smallest absolute Gasteiger partial charge is 0.258 e. The fourth-order valence-corrected chi connectivity index (χ4v) is 3.03. The Morgan fingerprint density at radius 1 is 1.29 bits per heavy atom. The SMILES string of the molecule is NC(=O)C1Cc2cc(F)cc(-c3c(Cl)cccc3Cl)c2O1. The van der Waals surface area contributed by atoms with Crippen LogP contribution in [0.2, 0.25) is 10.0 Å². The van der Waals surface area contributed by atoms with Gasteiger partial charge in [-0.05, 0) is 24.3 Å². The second-order valence-corrected chi connectivity index (χ2v) is 5.57. The maximum atomic E-state index is 13.8. The molecule has 2 aromatic rings. The van der Waals surface area contributed by atoms with Crippen LogP contribution in [0.4, 0.5) is 4.39 Å². The van der Waals surface area contributed by atoms with E-state index in [2.05, 4.69) is 0 Å². The fraction of sp³-hybridized carbons (Fsp3) is 0.133. The molecule has 0 radical (unpaired) electrons. The van der Waals surface area contributed by atoms with E-state index < -0.39 is 17.8 Å². The summed E-state index contributed by atoms with van der Waals surface area (Å²) in [6, 6.07) is 7.61. The topological polar surface area (TPSA) is 52.3 Å². The van der Waals surface area contributed by atoms with E-state index in [9.17, 15) is 9.18 Å². The van der Waals surface area contributed by atoms with E-state index in [-0.39, 0.29) is 6.42 Å². The van der Waals surface area contributed by atoms with Gasteiger partial charge in [0, 0.05) is 23.1 Å². The molecule has 2 N–H and O–H groups in total. The van der Waals surface area contributed by atoms with E-state index in [4.69, 9.17) is 33.7 Å². The minimum atomic E-state index is -0.804. The summed E-state index contributed by atoms with van der Waals surface area (Å²) in [7, 11) is 0. The Morgan fingerprint density at radius 2 is 1.95 bits per heavy atom. The summed E-state index contributed by atoms with van der Waals surface area (Å²) in [6.45, 7) is 0. The third-order valence-corrected chi connectivity index (χ3v) is 3.98. The maximum Gasteiger partial charge on any atom is 0.258 e. The van der Waals surface area contributed by atoms with Crippen molar-refractivity contribution in [3.8, 4) is 16.9 Å². The highest BCUT2D eigenvalue weighted by atomic mass is 35.5. The molecule has 1 heterocycles. The Kier molecular flexibility index (Phi) is 3.51. The van der Waals surface area contributed by atoms with Crippen LogP contribution in [0.25, 0.3) is 11.1 Å². The number of primary amides is 1. The van der Waals surface area contributed by atoms with Crippen molar-refractivity contribution in [3.63, 3.8) is 0 Å². The summed E-state index contributed by atoms with van der Waals surface area (Å²) in [6.07, 6.45) is -0.570. The zero-order valence-electron chi connectivity index (χ0n) is 10.7. The summed E-state index contributed by atoms with van der Waals surface area (Å²) >= 11 is 12.3. The first-order valence-corrected chi connectivity index (χ1v) is 6.95. The van der Waals surface area contributed by atoms with E-state index in [1.807, 2.05) is 0 Å². The molecule has 108 valence electrons. The van der Waals surface area contributed by atoms with Gasteiger partial charge in [0.15, 0.2) is 6.10 Å². The van der Waals surface area contributed by atoms with E-state index in [1.165, 1.54) is 12.1 Å². The third kappa shape index (κ3) is 2.45. The molecule has 21 heavy (non-hydrogen) atoms. The Labute approximate surface area is 130 Å². The van der Waals surface area contributed by atoms with E-state index >= 15 is 0 Å². The Hall–Kier alpha value is -1.78. The van der Waals surface area contributed by atoms with Gasteiger partial charge in [-0.3, -0.25) is 4.79 Å². The monoisotopic (exact) mass is 325 g/mol. The molecule has 2 aromatic carbocycles. The lowest BCUT2D eigenvalue weighted by Gasteiger charge is -2.13. The van der Waals surface area contributed by atoms with Gasteiger partial charge >= 0.3 is 0 Å². The number of amides is 1. The van der Waals surface area contributed by atoms with Crippen LogP contribution in [0.15, 0.2) is 30.3 Å². The molecular weight excluding hydrogens is 316 g/mol. The highest BCUT2D eigenvalue weighted by Gasteiger charge is 2.31. The molecule has 0 aliphatic carbocycles. The standard InChI is InChI=1S/C15H10Cl2FNO2/c16-10-2-1-3-11(17)13(10)9-6-8(18)4-7-5-12(15(19)20)21-14(7)9/h1-4,6,12H,5H2,(H2,19,20). The molecule has 0 spiro atoms. The fourth-order valence-electron chi connectivity index (χ4n) is 2.42. The quantitative estimate of drug-likeness (QED) is 0.917. The molecule has 1 unspecified atom stereocenters. The molecule has 1 amide bonds. The van der Waals surface area contributed by atoms with E-state index in [1.54, 1.807) is 18.2 Å². The largest absolute Gasteiger partial charge is 0.479 e. The van der Waals surface area contributed by atoms with Crippen molar-refractivity contribution in [1.82, 2.24) is 0 Å². The molecule has 1 aliphatic rings. The van der Waals surface area contributed by atoms with Crippen molar-refractivity contribution in [2.24, 2.45) is 5.73 Å². The maximum absolute atomic E-state index is 13.8. The van der Waals surface area contributed by atoms with Crippen molar-refractivity contribution < 1.29 is 13.9 Å². The Morgan fingerprint density at radius 3 is 2.57 bits per heavy atom. The number of nitrogens with two attached hydrogens (primary N) is 1. The van der Waals surface area contributed by atoms with Crippen molar-refractivity contribution in [1.29, 1.82) is 0 Å². The molecule has 1 aliphatic heterocycles. The van der Waals surface area contributed by atoms with E-state index in [0.29, 0.717) is 32.5 Å². The normalized spacial score (nSPS) is 16.4. The first-order valence-electron chi connectivity index (χ1n) is 6.20. The number of fused-ring (bicyclic) bond motifs is 1. The number of rotatable bonds is 2. The number of halogens is 3. The van der Waals surface area contributed by atoms with Gasteiger partial charge in [0.25, 0.3) is 5.91 Å². The first kappa shape index (κ1) is 14.2. The highest BCUT2D eigenvalue weighted by Crippen LogP contribution is 2.44.